The van der Waals surface area contributed by atoms with Gasteiger partial charge in [0.25, 0.3) is 5.91 Å². The Hall–Kier alpha value is -1.62. The summed E-state index contributed by atoms with van der Waals surface area (Å²) in [6, 6.07) is 3.59. The normalized spacial score (nSPS) is 24.3. The molecule has 0 unspecified atom stereocenters. The van der Waals surface area contributed by atoms with Crippen LogP contribution in [0.3, 0.4) is 0 Å². The van der Waals surface area contributed by atoms with Gasteiger partial charge in [0.05, 0.1) is 18.5 Å². The van der Waals surface area contributed by atoms with Gasteiger partial charge in [0.2, 0.25) is 5.88 Å². The van der Waals surface area contributed by atoms with Crippen molar-refractivity contribution < 1.29 is 14.3 Å². The maximum atomic E-state index is 13.0. The summed E-state index contributed by atoms with van der Waals surface area (Å²) in [6.45, 7) is 6.73. The predicted octanol–water partition coefficient (Wildman–Crippen LogP) is 3.71. The molecule has 5 nitrogen and oxygen atoms in total. The van der Waals surface area contributed by atoms with Crippen LogP contribution < -0.4 is 10.1 Å². The van der Waals surface area contributed by atoms with Crippen molar-refractivity contribution in [3.05, 3.63) is 17.8 Å². The summed E-state index contributed by atoms with van der Waals surface area (Å²) in [7, 11) is 1.58. The van der Waals surface area contributed by atoms with Crippen molar-refractivity contribution in [2.24, 2.45) is 5.92 Å². The Morgan fingerprint density at radius 3 is 2.87 bits per heavy atom. The zero-order valence-electron chi connectivity index (χ0n) is 14.6. The number of nitrogens with one attached hydrogen (secondary N) is 1. The van der Waals surface area contributed by atoms with Gasteiger partial charge < -0.3 is 14.8 Å². The van der Waals surface area contributed by atoms with Crippen molar-refractivity contribution in [1.82, 2.24) is 4.98 Å². The Balaban J connectivity index is 2.17. The minimum Gasteiger partial charge on any atom is -0.481 e. The zero-order valence-corrected chi connectivity index (χ0v) is 14.6. The highest BCUT2D eigenvalue weighted by Gasteiger charge is 2.42. The van der Waals surface area contributed by atoms with Gasteiger partial charge in [0, 0.05) is 12.7 Å². The van der Waals surface area contributed by atoms with E-state index in [-0.39, 0.29) is 5.91 Å². The van der Waals surface area contributed by atoms with Crippen molar-refractivity contribution in [3.63, 3.8) is 0 Å². The average molecular weight is 320 g/mol. The molecule has 1 aromatic heterocycles. The Labute approximate surface area is 138 Å². The van der Waals surface area contributed by atoms with Gasteiger partial charge in [-0.15, -0.1) is 0 Å². The highest BCUT2D eigenvalue weighted by atomic mass is 16.5. The van der Waals surface area contributed by atoms with Crippen LogP contribution in [0, 0.1) is 12.8 Å². The number of methoxy groups -OCH3 is 1. The molecule has 23 heavy (non-hydrogen) atoms. The molecule has 0 saturated heterocycles. The number of hydrogen-bond acceptors (Lipinski definition) is 4. The Morgan fingerprint density at radius 1 is 1.48 bits per heavy atom. The number of aromatic nitrogens is 1. The van der Waals surface area contributed by atoms with Crippen LogP contribution in [-0.4, -0.2) is 30.2 Å². The number of carbonyl (C=O) groups is 1. The van der Waals surface area contributed by atoms with Gasteiger partial charge in [0.15, 0.2) is 0 Å². The molecule has 5 heteroatoms. The summed E-state index contributed by atoms with van der Waals surface area (Å²) in [5.74, 6) is 0.998. The van der Waals surface area contributed by atoms with Crippen molar-refractivity contribution in [3.8, 4) is 5.88 Å². The van der Waals surface area contributed by atoms with E-state index in [1.165, 1.54) is 0 Å². The highest BCUT2D eigenvalue weighted by Crippen LogP contribution is 2.36. The molecule has 0 bridgehead atoms. The molecule has 2 rings (SSSR count). The summed E-state index contributed by atoms with van der Waals surface area (Å²) < 4.78 is 11.2. The molecule has 1 aliphatic rings. The SMILES string of the molecule is CCCO[C@]1(C(=O)Nc2ccc(OC)nc2C)CCC[C@H](C)C1. The van der Waals surface area contributed by atoms with Crippen LogP contribution in [0.1, 0.15) is 51.6 Å². The average Bonchev–Trinajstić information content (AvgIpc) is 2.54. The van der Waals surface area contributed by atoms with Gasteiger partial charge in [-0.3, -0.25) is 4.79 Å². The molecule has 1 aromatic rings. The third kappa shape index (κ3) is 4.22. The largest absolute Gasteiger partial charge is 0.481 e. The summed E-state index contributed by atoms with van der Waals surface area (Å²) in [4.78, 5) is 17.3. The molecule has 1 aliphatic carbocycles. The predicted molar refractivity (Wildman–Crippen MR) is 90.8 cm³/mol. The maximum Gasteiger partial charge on any atom is 0.256 e. The number of rotatable bonds is 6. The number of anilines is 1. The number of carbonyl (C=O) groups excluding carboxylic acids is 1. The summed E-state index contributed by atoms with van der Waals surface area (Å²) >= 11 is 0. The Morgan fingerprint density at radius 2 is 2.26 bits per heavy atom. The van der Waals surface area contributed by atoms with E-state index in [1.54, 1.807) is 13.2 Å². The van der Waals surface area contributed by atoms with Crippen LogP contribution in [0.25, 0.3) is 0 Å². The van der Waals surface area contributed by atoms with E-state index in [0.29, 0.717) is 24.1 Å². The van der Waals surface area contributed by atoms with Crippen LogP contribution in [0.15, 0.2) is 12.1 Å². The molecular weight excluding hydrogens is 292 g/mol. The first-order valence-corrected chi connectivity index (χ1v) is 8.48. The number of ether oxygens (including phenoxy) is 2. The van der Waals surface area contributed by atoms with E-state index in [4.69, 9.17) is 9.47 Å². The lowest BCUT2D eigenvalue weighted by Gasteiger charge is -2.38. The highest BCUT2D eigenvalue weighted by molar-refractivity contribution is 5.97. The molecular formula is C18H28N2O3. The van der Waals surface area contributed by atoms with Crippen molar-refractivity contribution >= 4 is 11.6 Å². The first-order valence-electron chi connectivity index (χ1n) is 8.48. The van der Waals surface area contributed by atoms with E-state index < -0.39 is 5.60 Å². The Kier molecular flexibility index (Phi) is 5.99. The van der Waals surface area contributed by atoms with E-state index >= 15 is 0 Å². The van der Waals surface area contributed by atoms with Gasteiger partial charge in [0.1, 0.15) is 5.60 Å². The number of amides is 1. The van der Waals surface area contributed by atoms with E-state index in [1.807, 2.05) is 13.0 Å². The van der Waals surface area contributed by atoms with Crippen LogP contribution >= 0.6 is 0 Å². The fourth-order valence-corrected chi connectivity index (χ4v) is 3.22. The fourth-order valence-electron chi connectivity index (χ4n) is 3.22. The molecule has 128 valence electrons. The zero-order chi connectivity index (χ0) is 16.9. The molecule has 1 fully saturated rings. The van der Waals surface area contributed by atoms with Crippen molar-refractivity contribution in [2.45, 2.75) is 58.5 Å². The third-order valence-electron chi connectivity index (χ3n) is 4.47. The number of aryl methyl sites for hydroxylation is 1. The molecule has 1 saturated carbocycles. The molecule has 0 aliphatic heterocycles. The smallest absolute Gasteiger partial charge is 0.256 e. The Bertz CT molecular complexity index is 547. The van der Waals surface area contributed by atoms with Crippen LogP contribution in [0.2, 0.25) is 0 Å². The van der Waals surface area contributed by atoms with Crippen LogP contribution in [0.4, 0.5) is 5.69 Å². The third-order valence-corrected chi connectivity index (χ3v) is 4.47. The second kappa shape index (κ2) is 7.77. The summed E-state index contributed by atoms with van der Waals surface area (Å²) in [6.07, 6.45) is 4.66. The summed E-state index contributed by atoms with van der Waals surface area (Å²) in [5.41, 5.74) is 0.751. The van der Waals surface area contributed by atoms with Crippen molar-refractivity contribution in [2.75, 3.05) is 19.0 Å². The summed E-state index contributed by atoms with van der Waals surface area (Å²) in [5, 5.41) is 3.02. The van der Waals surface area contributed by atoms with Gasteiger partial charge in [-0.2, -0.15) is 0 Å². The molecule has 0 spiro atoms. The lowest BCUT2D eigenvalue weighted by molar-refractivity contribution is -0.148. The maximum absolute atomic E-state index is 13.0. The van der Waals surface area contributed by atoms with Gasteiger partial charge in [-0.25, -0.2) is 4.98 Å². The quantitative estimate of drug-likeness (QED) is 0.868. The number of pyridine rings is 1. The van der Waals surface area contributed by atoms with Crippen LogP contribution in [-0.2, 0) is 9.53 Å². The molecule has 0 radical (unpaired) electrons. The molecule has 1 N–H and O–H groups in total. The molecule has 1 amide bonds. The number of nitrogens with zero attached hydrogens (tertiary/aromatic N) is 1. The minimum absolute atomic E-state index is 0.0485. The lowest BCUT2D eigenvalue weighted by atomic mass is 9.78. The lowest BCUT2D eigenvalue weighted by Crippen LogP contribution is -2.49. The van der Waals surface area contributed by atoms with E-state index in [9.17, 15) is 4.79 Å². The minimum atomic E-state index is -0.708. The van der Waals surface area contributed by atoms with E-state index in [0.717, 1.165) is 37.8 Å². The molecule has 1 heterocycles. The second-order valence-electron chi connectivity index (χ2n) is 6.48. The standard InChI is InChI=1S/C18H28N2O3/c1-5-11-23-18(10-6-7-13(2)12-18)17(21)20-15-8-9-16(22-4)19-14(15)3/h8-9,13H,5-7,10-12H2,1-4H3,(H,20,21)/t13-,18+/m0/s1. The topological polar surface area (TPSA) is 60.5 Å². The molecule has 2 atom stereocenters. The second-order valence-corrected chi connectivity index (χ2v) is 6.48. The first-order chi connectivity index (χ1) is 11.0. The van der Waals surface area contributed by atoms with Gasteiger partial charge >= 0.3 is 0 Å². The van der Waals surface area contributed by atoms with Crippen molar-refractivity contribution in [1.29, 1.82) is 0 Å². The fraction of sp³-hybridized carbons (Fsp3) is 0.667. The van der Waals surface area contributed by atoms with Gasteiger partial charge in [-0.1, -0.05) is 20.3 Å². The van der Waals surface area contributed by atoms with Crippen LogP contribution in [0.5, 0.6) is 5.88 Å². The monoisotopic (exact) mass is 320 g/mol. The first kappa shape index (κ1) is 17.7. The number of hydrogen-bond donors (Lipinski definition) is 1. The molecule has 0 aromatic carbocycles. The van der Waals surface area contributed by atoms with Gasteiger partial charge in [-0.05, 0) is 44.6 Å². The van der Waals surface area contributed by atoms with E-state index in [2.05, 4.69) is 24.1 Å².